The third kappa shape index (κ3) is 4.78. The zero-order valence-electron chi connectivity index (χ0n) is 20.7. The number of hydrogen-bond acceptors (Lipinski definition) is 4. The summed E-state index contributed by atoms with van der Waals surface area (Å²) < 4.78 is 2.01. The third-order valence-corrected chi connectivity index (χ3v) is 7.14. The minimum absolute atomic E-state index is 0.0639. The van der Waals surface area contributed by atoms with Gasteiger partial charge in [-0.3, -0.25) is 19.7 Å². The molecular weight excluding hydrogens is 504 g/mol. The van der Waals surface area contributed by atoms with E-state index in [0.717, 1.165) is 22.6 Å². The molecule has 0 atom stereocenters. The highest BCUT2D eigenvalue weighted by Gasteiger charge is 2.29. The standard InChI is InChI=1S/C29H25ClN4O4/c1-20-24(19-27(21-7-3-2-4-8-21)33(20)26-10-6-5-9-25(26)30)29(36)32-17-15-31(16-18-32)28(35)22-11-13-23(14-12-22)34(37)38/h2-14,19H,15-18H2,1H3. The van der Waals surface area contributed by atoms with Crippen LogP contribution in [0.3, 0.4) is 0 Å². The topological polar surface area (TPSA) is 88.7 Å². The van der Waals surface area contributed by atoms with Gasteiger partial charge >= 0.3 is 0 Å². The molecule has 0 saturated carbocycles. The van der Waals surface area contributed by atoms with Crippen LogP contribution < -0.4 is 0 Å². The Kier molecular flexibility index (Phi) is 6.98. The molecule has 9 heteroatoms. The molecular formula is C29H25ClN4O4. The summed E-state index contributed by atoms with van der Waals surface area (Å²) >= 11 is 6.56. The molecule has 1 aromatic heterocycles. The highest BCUT2D eigenvalue weighted by Crippen LogP contribution is 2.33. The van der Waals surface area contributed by atoms with Gasteiger partial charge in [0.1, 0.15) is 0 Å². The Morgan fingerprint density at radius 1 is 0.816 bits per heavy atom. The number of benzene rings is 3. The van der Waals surface area contributed by atoms with Crippen molar-refractivity contribution in [1.82, 2.24) is 14.4 Å². The van der Waals surface area contributed by atoms with Crippen molar-refractivity contribution in [3.8, 4) is 16.9 Å². The van der Waals surface area contributed by atoms with Gasteiger partial charge in [0.25, 0.3) is 17.5 Å². The molecule has 2 heterocycles. The highest BCUT2D eigenvalue weighted by atomic mass is 35.5. The first-order valence-electron chi connectivity index (χ1n) is 12.2. The van der Waals surface area contributed by atoms with Crippen molar-refractivity contribution in [2.75, 3.05) is 26.2 Å². The van der Waals surface area contributed by atoms with Crippen LogP contribution in [0.1, 0.15) is 26.4 Å². The number of amides is 2. The van der Waals surface area contributed by atoms with Crippen molar-refractivity contribution < 1.29 is 14.5 Å². The lowest BCUT2D eigenvalue weighted by molar-refractivity contribution is -0.384. The zero-order chi connectivity index (χ0) is 26.8. The number of nitrogens with zero attached hydrogens (tertiary/aromatic N) is 4. The Bertz CT molecular complexity index is 1510. The Labute approximate surface area is 224 Å². The van der Waals surface area contributed by atoms with E-state index in [4.69, 9.17) is 11.6 Å². The molecule has 1 aliphatic rings. The Hall–Kier alpha value is -4.43. The van der Waals surface area contributed by atoms with Crippen molar-refractivity contribution in [3.63, 3.8) is 0 Å². The number of carbonyl (C=O) groups excluding carboxylic acids is 2. The van der Waals surface area contributed by atoms with Gasteiger partial charge in [0.05, 0.1) is 26.9 Å². The van der Waals surface area contributed by atoms with E-state index < -0.39 is 4.92 Å². The summed E-state index contributed by atoms with van der Waals surface area (Å²) in [6.07, 6.45) is 0. The van der Waals surface area contributed by atoms with Crippen LogP contribution in [0.25, 0.3) is 16.9 Å². The summed E-state index contributed by atoms with van der Waals surface area (Å²) in [5, 5.41) is 11.5. The molecule has 192 valence electrons. The summed E-state index contributed by atoms with van der Waals surface area (Å²) in [6, 6.07) is 24.9. The fraction of sp³-hybridized carbons (Fsp3) is 0.172. The highest BCUT2D eigenvalue weighted by molar-refractivity contribution is 6.32. The summed E-state index contributed by atoms with van der Waals surface area (Å²) in [5.74, 6) is -0.313. The van der Waals surface area contributed by atoms with Gasteiger partial charge in [-0.1, -0.05) is 54.1 Å². The maximum absolute atomic E-state index is 13.7. The summed E-state index contributed by atoms with van der Waals surface area (Å²) in [7, 11) is 0. The van der Waals surface area contributed by atoms with Crippen LogP contribution in [0.2, 0.25) is 5.02 Å². The quantitative estimate of drug-likeness (QED) is 0.249. The summed E-state index contributed by atoms with van der Waals surface area (Å²) in [6.45, 7) is 3.43. The molecule has 5 rings (SSSR count). The molecule has 8 nitrogen and oxygen atoms in total. The van der Waals surface area contributed by atoms with E-state index in [2.05, 4.69) is 0 Å². The van der Waals surface area contributed by atoms with Crippen LogP contribution in [0, 0.1) is 17.0 Å². The predicted molar refractivity (Wildman–Crippen MR) is 146 cm³/mol. The van der Waals surface area contributed by atoms with Crippen molar-refractivity contribution >= 4 is 29.1 Å². The fourth-order valence-corrected chi connectivity index (χ4v) is 5.00. The minimum atomic E-state index is -0.497. The number of para-hydroxylation sites is 1. The molecule has 3 aromatic carbocycles. The summed E-state index contributed by atoms with van der Waals surface area (Å²) in [5.41, 5.74) is 4.31. The number of carbonyl (C=O) groups is 2. The molecule has 0 N–H and O–H groups in total. The molecule has 0 bridgehead atoms. The third-order valence-electron chi connectivity index (χ3n) is 6.82. The second kappa shape index (κ2) is 10.5. The average Bonchev–Trinajstić information content (AvgIpc) is 3.29. The number of piperazine rings is 1. The van der Waals surface area contributed by atoms with Gasteiger partial charge in [-0.05, 0) is 42.8 Å². The molecule has 2 amide bonds. The lowest BCUT2D eigenvalue weighted by atomic mass is 10.1. The van der Waals surface area contributed by atoms with Crippen LogP contribution in [-0.2, 0) is 0 Å². The number of halogens is 1. The number of non-ortho nitro benzene ring substituents is 1. The Morgan fingerprint density at radius 3 is 2.00 bits per heavy atom. The van der Waals surface area contributed by atoms with E-state index in [1.54, 1.807) is 9.80 Å². The van der Waals surface area contributed by atoms with Crippen molar-refractivity contribution in [1.29, 1.82) is 0 Å². The largest absolute Gasteiger partial charge is 0.335 e. The van der Waals surface area contributed by atoms with Crippen LogP contribution >= 0.6 is 11.6 Å². The van der Waals surface area contributed by atoms with Gasteiger partial charge < -0.3 is 14.4 Å². The Balaban J connectivity index is 1.38. The number of rotatable bonds is 5. The number of nitro groups is 1. The van der Waals surface area contributed by atoms with Crippen molar-refractivity contribution in [2.45, 2.75) is 6.92 Å². The molecule has 4 aromatic rings. The Morgan fingerprint density at radius 2 is 1.39 bits per heavy atom. The van der Waals surface area contributed by atoms with Gasteiger partial charge in [0, 0.05) is 49.6 Å². The molecule has 1 aliphatic heterocycles. The van der Waals surface area contributed by atoms with E-state index in [1.807, 2.05) is 72.2 Å². The van der Waals surface area contributed by atoms with Gasteiger partial charge in [-0.25, -0.2) is 0 Å². The first-order chi connectivity index (χ1) is 18.3. The number of nitro benzene ring substituents is 1. The van der Waals surface area contributed by atoms with E-state index in [1.165, 1.54) is 24.3 Å². The first-order valence-corrected chi connectivity index (χ1v) is 12.6. The molecule has 0 radical (unpaired) electrons. The lowest BCUT2D eigenvalue weighted by Crippen LogP contribution is -2.50. The molecule has 1 saturated heterocycles. The second-order valence-corrected chi connectivity index (χ2v) is 9.48. The van der Waals surface area contributed by atoms with Crippen LogP contribution in [0.4, 0.5) is 5.69 Å². The molecule has 0 spiro atoms. The van der Waals surface area contributed by atoms with Crippen LogP contribution in [0.15, 0.2) is 84.9 Å². The maximum atomic E-state index is 13.7. The number of aromatic nitrogens is 1. The number of hydrogen-bond donors (Lipinski definition) is 0. The molecule has 0 aliphatic carbocycles. The smallest absolute Gasteiger partial charge is 0.269 e. The zero-order valence-corrected chi connectivity index (χ0v) is 21.5. The van der Waals surface area contributed by atoms with E-state index in [-0.39, 0.29) is 17.5 Å². The van der Waals surface area contributed by atoms with E-state index in [9.17, 15) is 19.7 Å². The first kappa shape index (κ1) is 25.2. The lowest BCUT2D eigenvalue weighted by Gasteiger charge is -2.34. The van der Waals surface area contributed by atoms with Gasteiger partial charge in [-0.15, -0.1) is 0 Å². The second-order valence-electron chi connectivity index (χ2n) is 9.07. The van der Waals surface area contributed by atoms with Crippen molar-refractivity contribution in [3.05, 3.63) is 117 Å². The van der Waals surface area contributed by atoms with Gasteiger partial charge in [-0.2, -0.15) is 0 Å². The maximum Gasteiger partial charge on any atom is 0.269 e. The van der Waals surface area contributed by atoms with E-state index in [0.29, 0.717) is 42.3 Å². The van der Waals surface area contributed by atoms with E-state index >= 15 is 0 Å². The normalized spacial score (nSPS) is 13.4. The van der Waals surface area contributed by atoms with Gasteiger partial charge in [0.15, 0.2) is 0 Å². The SMILES string of the molecule is Cc1c(C(=O)N2CCN(C(=O)c3ccc([N+](=O)[O-])cc3)CC2)cc(-c2ccccc2)n1-c1ccccc1Cl. The molecule has 0 unspecified atom stereocenters. The van der Waals surface area contributed by atoms with Crippen LogP contribution in [-0.4, -0.2) is 57.3 Å². The average molecular weight is 529 g/mol. The van der Waals surface area contributed by atoms with Crippen molar-refractivity contribution in [2.24, 2.45) is 0 Å². The fourth-order valence-electron chi connectivity index (χ4n) is 4.78. The molecule has 38 heavy (non-hydrogen) atoms. The summed E-state index contributed by atoms with van der Waals surface area (Å²) in [4.78, 5) is 40.4. The monoisotopic (exact) mass is 528 g/mol. The van der Waals surface area contributed by atoms with Gasteiger partial charge in [0.2, 0.25) is 0 Å². The van der Waals surface area contributed by atoms with Crippen LogP contribution in [0.5, 0.6) is 0 Å². The molecule has 1 fully saturated rings. The predicted octanol–water partition coefficient (Wildman–Crippen LogP) is 5.61. The minimum Gasteiger partial charge on any atom is -0.335 e.